The molecular formula is C14H17ClN4O2. The van der Waals surface area contributed by atoms with Gasteiger partial charge in [-0.25, -0.2) is 4.98 Å². The number of H-pyrrole nitrogens is 1. The molecule has 0 bridgehead atoms. The molecule has 0 aliphatic heterocycles. The van der Waals surface area contributed by atoms with E-state index in [1.54, 1.807) is 18.2 Å². The minimum Gasteiger partial charge on any atom is -0.368 e. The highest BCUT2D eigenvalue weighted by Gasteiger charge is 2.19. The maximum absolute atomic E-state index is 12.0. The average Bonchev–Trinajstić information content (AvgIpc) is 2.37. The van der Waals surface area contributed by atoms with Gasteiger partial charge in [-0.15, -0.1) is 0 Å². The molecule has 1 aromatic carbocycles. The Kier molecular flexibility index (Phi) is 4.59. The molecule has 112 valence electrons. The summed E-state index contributed by atoms with van der Waals surface area (Å²) in [5.74, 6) is 0.0435. The van der Waals surface area contributed by atoms with Gasteiger partial charge in [-0.2, -0.15) is 0 Å². The van der Waals surface area contributed by atoms with E-state index in [1.165, 1.54) is 0 Å². The Morgan fingerprint density at radius 1 is 1.48 bits per heavy atom. The monoisotopic (exact) mass is 308 g/mol. The second kappa shape index (κ2) is 6.24. The van der Waals surface area contributed by atoms with Crippen LogP contribution in [0.2, 0.25) is 5.02 Å². The van der Waals surface area contributed by atoms with Gasteiger partial charge in [-0.1, -0.05) is 25.4 Å². The number of primary amides is 1. The quantitative estimate of drug-likeness (QED) is 0.772. The van der Waals surface area contributed by atoms with Crippen LogP contribution >= 0.6 is 11.6 Å². The van der Waals surface area contributed by atoms with E-state index < -0.39 is 11.9 Å². The van der Waals surface area contributed by atoms with Crippen LogP contribution in [0.25, 0.3) is 10.9 Å². The van der Waals surface area contributed by atoms with E-state index in [1.807, 2.05) is 13.8 Å². The standard InChI is InChI=1S/C14H17ClN4O2/c1-7(2)12(13(16)20)17-6-11-18-10-5-8(15)3-4-9(10)14(21)19-11/h3-5,7,12,17H,6H2,1-2H3,(H2,16,20)(H,18,19,21). The summed E-state index contributed by atoms with van der Waals surface area (Å²) in [6.45, 7) is 4.01. The molecule has 0 radical (unpaired) electrons. The van der Waals surface area contributed by atoms with Crippen LogP contribution in [-0.2, 0) is 11.3 Å². The van der Waals surface area contributed by atoms with E-state index in [0.717, 1.165) is 0 Å². The number of hydrogen-bond acceptors (Lipinski definition) is 4. The molecule has 21 heavy (non-hydrogen) atoms. The van der Waals surface area contributed by atoms with Crippen molar-refractivity contribution >= 4 is 28.4 Å². The van der Waals surface area contributed by atoms with Crippen LogP contribution in [0.4, 0.5) is 0 Å². The van der Waals surface area contributed by atoms with Crippen LogP contribution in [0, 0.1) is 5.92 Å². The summed E-state index contributed by atoms with van der Waals surface area (Å²) in [7, 11) is 0. The highest BCUT2D eigenvalue weighted by molar-refractivity contribution is 6.31. The third-order valence-corrected chi connectivity index (χ3v) is 3.42. The van der Waals surface area contributed by atoms with Crippen molar-refractivity contribution in [3.8, 4) is 0 Å². The Hall–Kier alpha value is -1.92. The molecule has 2 rings (SSSR count). The first-order chi connectivity index (χ1) is 9.88. The fraction of sp³-hybridized carbons (Fsp3) is 0.357. The Bertz CT molecular complexity index is 726. The van der Waals surface area contributed by atoms with Gasteiger partial charge < -0.3 is 10.7 Å². The molecule has 1 aromatic heterocycles. The lowest BCUT2D eigenvalue weighted by molar-refractivity contribution is -0.121. The van der Waals surface area contributed by atoms with Gasteiger partial charge in [0.2, 0.25) is 5.91 Å². The maximum atomic E-state index is 12.0. The zero-order valence-corrected chi connectivity index (χ0v) is 12.6. The van der Waals surface area contributed by atoms with Crippen LogP contribution < -0.4 is 16.6 Å². The third kappa shape index (κ3) is 3.59. The Labute approximate surface area is 126 Å². The molecule has 1 atom stereocenters. The van der Waals surface area contributed by atoms with Crippen LogP contribution in [0.3, 0.4) is 0 Å². The van der Waals surface area contributed by atoms with E-state index in [9.17, 15) is 9.59 Å². The van der Waals surface area contributed by atoms with E-state index >= 15 is 0 Å². The molecule has 4 N–H and O–H groups in total. The van der Waals surface area contributed by atoms with Gasteiger partial charge in [0.05, 0.1) is 23.5 Å². The number of carbonyl (C=O) groups excluding carboxylic acids is 1. The molecule has 2 aromatic rings. The summed E-state index contributed by atoms with van der Waals surface area (Å²) in [4.78, 5) is 30.3. The van der Waals surface area contributed by atoms with Crippen molar-refractivity contribution in [2.75, 3.05) is 0 Å². The molecule has 0 saturated carbocycles. The maximum Gasteiger partial charge on any atom is 0.258 e. The van der Waals surface area contributed by atoms with Gasteiger partial charge >= 0.3 is 0 Å². The first-order valence-corrected chi connectivity index (χ1v) is 6.97. The van der Waals surface area contributed by atoms with E-state index in [2.05, 4.69) is 15.3 Å². The predicted octanol–water partition coefficient (Wildman–Crippen LogP) is 1.18. The number of halogens is 1. The van der Waals surface area contributed by atoms with Crippen LogP contribution in [0.15, 0.2) is 23.0 Å². The molecule has 0 saturated heterocycles. The molecule has 1 heterocycles. The fourth-order valence-electron chi connectivity index (χ4n) is 2.12. The van der Waals surface area contributed by atoms with Gasteiger partial charge in [0.25, 0.3) is 5.56 Å². The van der Waals surface area contributed by atoms with Gasteiger partial charge in [-0.3, -0.25) is 14.9 Å². The molecule has 1 amide bonds. The zero-order chi connectivity index (χ0) is 15.6. The second-order valence-electron chi connectivity index (χ2n) is 5.18. The third-order valence-electron chi connectivity index (χ3n) is 3.18. The van der Waals surface area contributed by atoms with Crippen molar-refractivity contribution in [2.24, 2.45) is 11.7 Å². The van der Waals surface area contributed by atoms with Crippen molar-refractivity contribution in [2.45, 2.75) is 26.4 Å². The summed E-state index contributed by atoms with van der Waals surface area (Å²) in [6.07, 6.45) is 0. The van der Waals surface area contributed by atoms with Crippen LogP contribution in [0.5, 0.6) is 0 Å². The molecule has 0 aliphatic carbocycles. The summed E-state index contributed by atoms with van der Waals surface area (Å²) in [5, 5.41) is 3.98. The minimum absolute atomic E-state index is 0.0455. The van der Waals surface area contributed by atoms with E-state index in [-0.39, 0.29) is 18.0 Å². The van der Waals surface area contributed by atoms with Crippen molar-refractivity contribution in [1.82, 2.24) is 15.3 Å². The van der Waals surface area contributed by atoms with Gasteiger partial charge in [0.15, 0.2) is 0 Å². The van der Waals surface area contributed by atoms with Gasteiger partial charge in [-0.05, 0) is 24.1 Å². The number of hydrogen-bond donors (Lipinski definition) is 3. The zero-order valence-electron chi connectivity index (χ0n) is 11.8. The summed E-state index contributed by atoms with van der Waals surface area (Å²) in [5.41, 5.74) is 5.61. The van der Waals surface area contributed by atoms with Gasteiger partial charge in [0, 0.05) is 5.02 Å². The molecule has 0 spiro atoms. The summed E-state index contributed by atoms with van der Waals surface area (Å²) in [6, 6.07) is 4.41. The SMILES string of the molecule is CC(C)C(NCc1nc2cc(Cl)ccc2c(=O)[nH]1)C(N)=O. The topological polar surface area (TPSA) is 101 Å². The number of carbonyl (C=O) groups is 1. The van der Waals surface area contributed by atoms with Gasteiger partial charge in [0.1, 0.15) is 5.82 Å². The number of nitrogens with zero attached hydrogens (tertiary/aromatic N) is 1. The first-order valence-electron chi connectivity index (χ1n) is 6.59. The Morgan fingerprint density at radius 3 is 2.81 bits per heavy atom. The number of nitrogens with one attached hydrogen (secondary N) is 2. The van der Waals surface area contributed by atoms with Crippen molar-refractivity contribution in [1.29, 1.82) is 0 Å². The largest absolute Gasteiger partial charge is 0.368 e. The lowest BCUT2D eigenvalue weighted by atomic mass is 10.0. The number of aromatic nitrogens is 2. The number of nitrogens with two attached hydrogens (primary N) is 1. The molecule has 1 unspecified atom stereocenters. The van der Waals surface area contributed by atoms with Crippen molar-refractivity contribution in [3.05, 3.63) is 39.4 Å². The van der Waals surface area contributed by atoms with Crippen LogP contribution in [-0.4, -0.2) is 21.9 Å². The first kappa shape index (κ1) is 15.5. The number of amides is 1. The Balaban J connectivity index is 2.27. The number of fused-ring (bicyclic) bond motifs is 1. The normalized spacial score (nSPS) is 12.8. The summed E-state index contributed by atoms with van der Waals surface area (Å²) < 4.78 is 0. The lowest BCUT2D eigenvalue weighted by Crippen LogP contribution is -2.44. The molecule has 0 fully saturated rings. The van der Waals surface area contributed by atoms with Crippen LogP contribution in [0.1, 0.15) is 19.7 Å². The predicted molar refractivity (Wildman–Crippen MR) is 82.0 cm³/mol. The number of benzene rings is 1. The number of rotatable bonds is 5. The lowest BCUT2D eigenvalue weighted by Gasteiger charge is -2.18. The van der Waals surface area contributed by atoms with Crippen molar-refractivity contribution < 1.29 is 4.79 Å². The fourth-order valence-corrected chi connectivity index (χ4v) is 2.28. The second-order valence-corrected chi connectivity index (χ2v) is 5.62. The summed E-state index contributed by atoms with van der Waals surface area (Å²) >= 11 is 5.90. The highest BCUT2D eigenvalue weighted by atomic mass is 35.5. The average molecular weight is 309 g/mol. The molecule has 6 nitrogen and oxygen atoms in total. The highest BCUT2D eigenvalue weighted by Crippen LogP contribution is 2.14. The smallest absolute Gasteiger partial charge is 0.258 e. The van der Waals surface area contributed by atoms with E-state index in [4.69, 9.17) is 17.3 Å². The molecular weight excluding hydrogens is 292 g/mol. The van der Waals surface area contributed by atoms with Crippen molar-refractivity contribution in [3.63, 3.8) is 0 Å². The van der Waals surface area contributed by atoms with E-state index in [0.29, 0.717) is 21.7 Å². The Morgan fingerprint density at radius 2 is 2.19 bits per heavy atom. The molecule has 7 heteroatoms. The minimum atomic E-state index is -0.481. The molecule has 0 aliphatic rings. The number of aromatic amines is 1.